The van der Waals surface area contributed by atoms with Crippen LogP contribution in [0.2, 0.25) is 0 Å². The molecule has 0 aliphatic carbocycles. The molecule has 0 aliphatic rings. The molecular formula is C16H19N5. The number of rotatable bonds is 5. The van der Waals surface area contributed by atoms with Crippen LogP contribution in [0.25, 0.3) is 0 Å². The van der Waals surface area contributed by atoms with Crippen LogP contribution in [0.1, 0.15) is 24.5 Å². The summed E-state index contributed by atoms with van der Waals surface area (Å²) in [7, 11) is 3.84. The number of hydrogen-bond acceptors (Lipinski definition) is 5. The molecule has 0 fully saturated rings. The molecule has 0 bridgehead atoms. The molecule has 0 atom stereocenters. The van der Waals surface area contributed by atoms with E-state index in [0.29, 0.717) is 5.56 Å². The van der Waals surface area contributed by atoms with Gasteiger partial charge in [0.2, 0.25) is 0 Å². The molecule has 0 saturated carbocycles. The minimum Gasteiger partial charge on any atom is -0.373 e. The zero-order chi connectivity index (χ0) is 15.2. The number of nitrogens with one attached hydrogen (secondary N) is 1. The minimum atomic E-state index is 0.652. The lowest BCUT2D eigenvalue weighted by Crippen LogP contribution is -2.15. The van der Waals surface area contributed by atoms with Crippen molar-refractivity contribution in [2.24, 2.45) is 0 Å². The molecular weight excluding hydrogens is 262 g/mol. The average Bonchev–Trinajstić information content (AvgIpc) is 2.54. The first-order valence-electron chi connectivity index (χ1n) is 6.96. The van der Waals surface area contributed by atoms with E-state index in [1.165, 1.54) is 0 Å². The van der Waals surface area contributed by atoms with E-state index >= 15 is 0 Å². The summed E-state index contributed by atoms with van der Waals surface area (Å²) in [4.78, 5) is 10.7. The topological polar surface area (TPSA) is 64.8 Å². The first kappa shape index (κ1) is 14.8. The van der Waals surface area contributed by atoms with Crippen molar-refractivity contribution in [2.45, 2.75) is 19.8 Å². The van der Waals surface area contributed by atoms with Crippen LogP contribution in [-0.2, 0) is 6.42 Å². The fourth-order valence-corrected chi connectivity index (χ4v) is 2.27. The Hall–Kier alpha value is -2.61. The zero-order valence-corrected chi connectivity index (χ0v) is 12.6. The molecule has 0 aliphatic heterocycles. The smallest absolute Gasteiger partial charge is 0.141 e. The third kappa shape index (κ3) is 3.11. The van der Waals surface area contributed by atoms with Gasteiger partial charge in [-0.1, -0.05) is 13.3 Å². The van der Waals surface area contributed by atoms with Gasteiger partial charge in [-0.3, -0.25) is 0 Å². The number of nitrogens with zero attached hydrogens (tertiary/aromatic N) is 4. The van der Waals surface area contributed by atoms with Gasteiger partial charge < -0.3 is 10.2 Å². The predicted octanol–water partition coefficient (Wildman–Crippen LogP) is 3.11. The molecule has 0 saturated heterocycles. The molecule has 108 valence electrons. The van der Waals surface area contributed by atoms with Crippen molar-refractivity contribution in [3.63, 3.8) is 0 Å². The van der Waals surface area contributed by atoms with Crippen LogP contribution < -0.4 is 10.2 Å². The van der Waals surface area contributed by atoms with Gasteiger partial charge in [-0.05, 0) is 30.7 Å². The lowest BCUT2D eigenvalue weighted by molar-refractivity contribution is 0.893. The van der Waals surface area contributed by atoms with E-state index in [2.05, 4.69) is 28.3 Å². The quantitative estimate of drug-likeness (QED) is 0.912. The molecule has 5 heteroatoms. The fraction of sp³-hybridized carbons (Fsp3) is 0.312. The van der Waals surface area contributed by atoms with E-state index in [1.807, 2.05) is 43.3 Å². The Morgan fingerprint density at radius 1 is 1.24 bits per heavy atom. The summed E-state index contributed by atoms with van der Waals surface area (Å²) in [5.41, 5.74) is 2.75. The Labute approximate surface area is 125 Å². The lowest BCUT2D eigenvalue weighted by atomic mass is 10.1. The molecule has 0 unspecified atom stereocenters. The van der Waals surface area contributed by atoms with E-state index in [4.69, 9.17) is 5.26 Å². The van der Waals surface area contributed by atoms with Crippen LogP contribution in [0.3, 0.4) is 0 Å². The van der Waals surface area contributed by atoms with Crippen molar-refractivity contribution in [1.29, 1.82) is 5.26 Å². The van der Waals surface area contributed by atoms with Gasteiger partial charge in [0.1, 0.15) is 18.0 Å². The maximum absolute atomic E-state index is 8.87. The predicted molar refractivity (Wildman–Crippen MR) is 84.8 cm³/mol. The van der Waals surface area contributed by atoms with Crippen LogP contribution in [0.4, 0.5) is 17.3 Å². The minimum absolute atomic E-state index is 0.652. The summed E-state index contributed by atoms with van der Waals surface area (Å²) in [6.07, 6.45) is 3.50. The third-order valence-corrected chi connectivity index (χ3v) is 3.36. The third-order valence-electron chi connectivity index (χ3n) is 3.36. The summed E-state index contributed by atoms with van der Waals surface area (Å²) in [6.45, 7) is 2.14. The number of aromatic nitrogens is 2. The molecule has 1 aromatic carbocycles. The second-order valence-electron chi connectivity index (χ2n) is 4.74. The Morgan fingerprint density at radius 2 is 1.95 bits per heavy atom. The van der Waals surface area contributed by atoms with E-state index in [1.54, 1.807) is 6.33 Å². The SMILES string of the molecule is CCCc1c(NC)ncnc1N(C)c1ccc(C#N)cc1. The lowest BCUT2D eigenvalue weighted by Gasteiger charge is -2.22. The van der Waals surface area contributed by atoms with Gasteiger partial charge in [-0.15, -0.1) is 0 Å². The van der Waals surface area contributed by atoms with E-state index in [0.717, 1.165) is 35.7 Å². The summed E-state index contributed by atoms with van der Waals surface area (Å²) in [5, 5.41) is 12.0. The maximum Gasteiger partial charge on any atom is 0.141 e. The largest absolute Gasteiger partial charge is 0.373 e. The molecule has 1 aromatic heterocycles. The highest BCUT2D eigenvalue weighted by atomic mass is 15.2. The van der Waals surface area contributed by atoms with Gasteiger partial charge >= 0.3 is 0 Å². The molecule has 1 heterocycles. The highest BCUT2D eigenvalue weighted by Gasteiger charge is 2.14. The Balaban J connectivity index is 2.42. The average molecular weight is 281 g/mol. The molecule has 0 spiro atoms. The second kappa shape index (κ2) is 6.71. The standard InChI is InChI=1S/C16H19N5/c1-4-5-14-15(18-2)19-11-20-16(14)21(3)13-8-6-12(10-17)7-9-13/h6-9,11H,4-5H2,1-3H3,(H,18,19,20). The summed E-state index contributed by atoms with van der Waals surface area (Å²) >= 11 is 0. The number of anilines is 3. The molecule has 1 N–H and O–H groups in total. The van der Waals surface area contributed by atoms with Gasteiger partial charge in [-0.2, -0.15) is 5.26 Å². The Bertz CT molecular complexity index is 643. The number of nitriles is 1. The van der Waals surface area contributed by atoms with E-state index in [-0.39, 0.29) is 0 Å². The van der Waals surface area contributed by atoms with Crippen molar-refractivity contribution in [2.75, 3.05) is 24.3 Å². The Kier molecular flexibility index (Phi) is 4.72. The summed E-state index contributed by atoms with van der Waals surface area (Å²) in [6, 6.07) is 9.60. The first-order chi connectivity index (χ1) is 10.2. The van der Waals surface area contributed by atoms with Gasteiger partial charge in [0.25, 0.3) is 0 Å². The zero-order valence-electron chi connectivity index (χ0n) is 12.6. The highest BCUT2D eigenvalue weighted by molar-refractivity contribution is 5.67. The van der Waals surface area contributed by atoms with Crippen molar-refractivity contribution < 1.29 is 0 Å². The van der Waals surface area contributed by atoms with Crippen molar-refractivity contribution in [3.8, 4) is 6.07 Å². The number of benzene rings is 1. The van der Waals surface area contributed by atoms with Gasteiger partial charge in [0.05, 0.1) is 11.6 Å². The number of hydrogen-bond donors (Lipinski definition) is 1. The van der Waals surface area contributed by atoms with Crippen LogP contribution >= 0.6 is 0 Å². The molecule has 2 aromatic rings. The van der Waals surface area contributed by atoms with Crippen LogP contribution in [0, 0.1) is 11.3 Å². The summed E-state index contributed by atoms with van der Waals surface area (Å²) in [5.74, 6) is 1.75. The molecule has 0 radical (unpaired) electrons. The van der Waals surface area contributed by atoms with Crippen molar-refractivity contribution in [1.82, 2.24) is 9.97 Å². The first-order valence-corrected chi connectivity index (χ1v) is 6.96. The van der Waals surface area contributed by atoms with Crippen LogP contribution in [0.5, 0.6) is 0 Å². The molecule has 5 nitrogen and oxygen atoms in total. The van der Waals surface area contributed by atoms with Crippen LogP contribution in [0.15, 0.2) is 30.6 Å². The maximum atomic E-state index is 8.87. The van der Waals surface area contributed by atoms with Crippen LogP contribution in [-0.4, -0.2) is 24.1 Å². The molecule has 2 rings (SSSR count). The van der Waals surface area contributed by atoms with Gasteiger partial charge in [0, 0.05) is 25.3 Å². The highest BCUT2D eigenvalue weighted by Crippen LogP contribution is 2.29. The second-order valence-corrected chi connectivity index (χ2v) is 4.74. The van der Waals surface area contributed by atoms with Crippen molar-refractivity contribution >= 4 is 17.3 Å². The monoisotopic (exact) mass is 281 g/mol. The van der Waals surface area contributed by atoms with Crippen molar-refractivity contribution in [3.05, 3.63) is 41.7 Å². The normalized spacial score (nSPS) is 10.0. The van der Waals surface area contributed by atoms with E-state index < -0.39 is 0 Å². The Morgan fingerprint density at radius 3 is 2.52 bits per heavy atom. The van der Waals surface area contributed by atoms with E-state index in [9.17, 15) is 0 Å². The van der Waals surface area contributed by atoms with Gasteiger partial charge in [-0.25, -0.2) is 9.97 Å². The fourth-order valence-electron chi connectivity index (χ4n) is 2.27. The molecule has 21 heavy (non-hydrogen) atoms. The molecule has 0 amide bonds. The summed E-state index contributed by atoms with van der Waals surface area (Å²) < 4.78 is 0. The van der Waals surface area contributed by atoms with Gasteiger partial charge in [0.15, 0.2) is 0 Å².